The van der Waals surface area contributed by atoms with Gasteiger partial charge in [-0.2, -0.15) is 0 Å². The Morgan fingerprint density at radius 1 is 1.36 bits per heavy atom. The maximum absolute atomic E-state index is 13.0. The summed E-state index contributed by atoms with van der Waals surface area (Å²) in [6.45, 7) is 0.635. The third-order valence-corrected chi connectivity index (χ3v) is 2.30. The molecule has 0 saturated carbocycles. The number of aromatic nitrogens is 2. The molecule has 14 heavy (non-hydrogen) atoms. The zero-order valence-electron chi connectivity index (χ0n) is 7.32. The summed E-state index contributed by atoms with van der Waals surface area (Å²) in [7, 11) is 0. The Labute approximate surface area is 89.5 Å². The standard InChI is InChI=1S/C10H8BrFN2/c11-9-3-8(4-10(12)5-9)6-14-2-1-13-7-14/h1-5,7H,6H2. The van der Waals surface area contributed by atoms with Crippen LogP contribution in [-0.2, 0) is 6.54 Å². The molecule has 4 heteroatoms. The minimum absolute atomic E-state index is 0.227. The molecule has 2 nitrogen and oxygen atoms in total. The SMILES string of the molecule is Fc1cc(Br)cc(Cn2ccnc2)c1. The van der Waals surface area contributed by atoms with E-state index in [2.05, 4.69) is 20.9 Å². The first kappa shape index (κ1) is 9.40. The summed E-state index contributed by atoms with van der Waals surface area (Å²) in [5, 5.41) is 0. The quantitative estimate of drug-likeness (QED) is 0.806. The lowest BCUT2D eigenvalue weighted by atomic mass is 10.2. The highest BCUT2D eigenvalue weighted by Crippen LogP contribution is 2.15. The smallest absolute Gasteiger partial charge is 0.124 e. The topological polar surface area (TPSA) is 17.8 Å². The minimum atomic E-state index is -0.227. The first-order valence-electron chi connectivity index (χ1n) is 4.15. The molecule has 0 saturated heterocycles. The first-order valence-corrected chi connectivity index (χ1v) is 4.94. The van der Waals surface area contributed by atoms with Gasteiger partial charge in [0.1, 0.15) is 5.82 Å². The summed E-state index contributed by atoms with van der Waals surface area (Å²) in [5.74, 6) is -0.227. The van der Waals surface area contributed by atoms with Gasteiger partial charge in [0.25, 0.3) is 0 Å². The molecule has 2 aromatic rings. The molecule has 0 atom stereocenters. The number of nitrogens with zero attached hydrogens (tertiary/aromatic N) is 2. The second-order valence-corrected chi connectivity index (χ2v) is 3.93. The van der Waals surface area contributed by atoms with Crippen LogP contribution in [0.1, 0.15) is 5.56 Å². The molecule has 72 valence electrons. The van der Waals surface area contributed by atoms with Crippen molar-refractivity contribution in [2.45, 2.75) is 6.54 Å². The third kappa shape index (κ3) is 2.20. The van der Waals surface area contributed by atoms with Crippen LogP contribution in [0.15, 0.2) is 41.4 Å². The van der Waals surface area contributed by atoms with Gasteiger partial charge in [-0.25, -0.2) is 9.37 Å². The van der Waals surface area contributed by atoms with E-state index in [1.165, 1.54) is 12.1 Å². The van der Waals surface area contributed by atoms with E-state index in [4.69, 9.17) is 0 Å². The Morgan fingerprint density at radius 2 is 2.21 bits per heavy atom. The highest BCUT2D eigenvalue weighted by Gasteiger charge is 1.99. The molecule has 0 aliphatic heterocycles. The van der Waals surface area contributed by atoms with Crippen molar-refractivity contribution in [1.29, 1.82) is 0 Å². The molecular weight excluding hydrogens is 247 g/mol. The van der Waals surface area contributed by atoms with Gasteiger partial charge in [0.2, 0.25) is 0 Å². The van der Waals surface area contributed by atoms with Gasteiger partial charge in [-0.15, -0.1) is 0 Å². The van der Waals surface area contributed by atoms with Gasteiger partial charge < -0.3 is 4.57 Å². The molecule has 0 aliphatic rings. The van der Waals surface area contributed by atoms with E-state index in [9.17, 15) is 4.39 Å². The molecule has 1 aromatic carbocycles. The number of benzene rings is 1. The van der Waals surface area contributed by atoms with Gasteiger partial charge in [-0.05, 0) is 23.8 Å². The number of hydrogen-bond acceptors (Lipinski definition) is 1. The fourth-order valence-corrected chi connectivity index (χ4v) is 1.81. The van der Waals surface area contributed by atoms with Gasteiger partial charge in [0.15, 0.2) is 0 Å². The molecule has 2 rings (SSSR count). The molecule has 0 fully saturated rings. The van der Waals surface area contributed by atoms with Crippen molar-refractivity contribution in [2.24, 2.45) is 0 Å². The zero-order chi connectivity index (χ0) is 9.97. The fourth-order valence-electron chi connectivity index (χ4n) is 1.29. The van der Waals surface area contributed by atoms with Gasteiger partial charge in [-0.1, -0.05) is 15.9 Å². The molecule has 0 amide bonds. The van der Waals surface area contributed by atoms with Crippen LogP contribution in [0, 0.1) is 5.82 Å². The minimum Gasteiger partial charge on any atom is -0.333 e. The van der Waals surface area contributed by atoms with Crippen molar-refractivity contribution >= 4 is 15.9 Å². The lowest BCUT2D eigenvalue weighted by Gasteiger charge is -2.03. The first-order chi connectivity index (χ1) is 6.74. The predicted octanol–water partition coefficient (Wildman–Crippen LogP) is 2.83. The summed E-state index contributed by atoms with van der Waals surface area (Å²) >= 11 is 3.25. The molecule has 0 unspecified atom stereocenters. The van der Waals surface area contributed by atoms with Crippen molar-refractivity contribution in [1.82, 2.24) is 9.55 Å². The Balaban J connectivity index is 2.25. The van der Waals surface area contributed by atoms with Crippen LogP contribution in [0.3, 0.4) is 0 Å². The Kier molecular flexibility index (Phi) is 2.63. The molecule has 1 heterocycles. The summed E-state index contributed by atoms with van der Waals surface area (Å²) in [6.07, 6.45) is 5.26. The molecule has 0 N–H and O–H groups in total. The van der Waals surface area contributed by atoms with E-state index in [1.54, 1.807) is 12.5 Å². The predicted molar refractivity (Wildman–Crippen MR) is 55.4 cm³/mol. The molecule has 0 spiro atoms. The van der Waals surface area contributed by atoms with E-state index in [0.717, 1.165) is 10.0 Å². The van der Waals surface area contributed by atoms with E-state index in [-0.39, 0.29) is 5.82 Å². The van der Waals surface area contributed by atoms with Crippen LogP contribution in [0.2, 0.25) is 0 Å². The van der Waals surface area contributed by atoms with Crippen molar-refractivity contribution in [2.75, 3.05) is 0 Å². The van der Waals surface area contributed by atoms with Crippen molar-refractivity contribution < 1.29 is 4.39 Å². The van der Waals surface area contributed by atoms with E-state index in [0.29, 0.717) is 6.54 Å². The van der Waals surface area contributed by atoms with Crippen LogP contribution in [0.25, 0.3) is 0 Å². The highest BCUT2D eigenvalue weighted by molar-refractivity contribution is 9.10. The second kappa shape index (κ2) is 3.92. The highest BCUT2D eigenvalue weighted by atomic mass is 79.9. The van der Waals surface area contributed by atoms with Crippen molar-refractivity contribution in [3.05, 3.63) is 52.8 Å². The van der Waals surface area contributed by atoms with Crippen LogP contribution in [0.4, 0.5) is 4.39 Å². The third-order valence-electron chi connectivity index (χ3n) is 1.85. The molecule has 0 bridgehead atoms. The Morgan fingerprint density at radius 3 is 2.86 bits per heavy atom. The van der Waals surface area contributed by atoms with Crippen LogP contribution >= 0.6 is 15.9 Å². The van der Waals surface area contributed by atoms with Crippen LogP contribution in [0.5, 0.6) is 0 Å². The maximum atomic E-state index is 13.0. The second-order valence-electron chi connectivity index (χ2n) is 3.01. The van der Waals surface area contributed by atoms with Gasteiger partial charge in [0.05, 0.1) is 6.33 Å². The number of halogens is 2. The summed E-state index contributed by atoms with van der Waals surface area (Å²) < 4.78 is 15.6. The number of imidazole rings is 1. The molecule has 1 aromatic heterocycles. The fraction of sp³-hybridized carbons (Fsp3) is 0.100. The van der Waals surface area contributed by atoms with Crippen LogP contribution in [-0.4, -0.2) is 9.55 Å². The average molecular weight is 255 g/mol. The Hall–Kier alpha value is -1.16. The van der Waals surface area contributed by atoms with Gasteiger partial charge in [-0.3, -0.25) is 0 Å². The zero-order valence-corrected chi connectivity index (χ0v) is 8.91. The normalized spacial score (nSPS) is 10.4. The maximum Gasteiger partial charge on any atom is 0.124 e. The average Bonchev–Trinajstić information content (AvgIpc) is 2.54. The van der Waals surface area contributed by atoms with Crippen LogP contribution < -0.4 is 0 Å². The number of hydrogen-bond donors (Lipinski definition) is 0. The lowest BCUT2D eigenvalue weighted by molar-refractivity contribution is 0.622. The monoisotopic (exact) mass is 254 g/mol. The molecule has 0 radical (unpaired) electrons. The van der Waals surface area contributed by atoms with Gasteiger partial charge >= 0.3 is 0 Å². The van der Waals surface area contributed by atoms with E-state index in [1.807, 2.05) is 16.8 Å². The van der Waals surface area contributed by atoms with Gasteiger partial charge in [0, 0.05) is 23.4 Å². The Bertz CT molecular complexity index is 405. The summed E-state index contributed by atoms with van der Waals surface area (Å²) in [5.41, 5.74) is 0.912. The lowest BCUT2D eigenvalue weighted by Crippen LogP contribution is -1.96. The summed E-state index contributed by atoms with van der Waals surface area (Å²) in [6, 6.07) is 4.85. The van der Waals surface area contributed by atoms with E-state index >= 15 is 0 Å². The summed E-state index contributed by atoms with van der Waals surface area (Å²) in [4.78, 5) is 3.92. The molecule has 0 aliphatic carbocycles. The molecular formula is C10H8BrFN2. The largest absolute Gasteiger partial charge is 0.333 e. The van der Waals surface area contributed by atoms with Crippen molar-refractivity contribution in [3.63, 3.8) is 0 Å². The van der Waals surface area contributed by atoms with E-state index < -0.39 is 0 Å². The number of rotatable bonds is 2. The van der Waals surface area contributed by atoms with Crippen molar-refractivity contribution in [3.8, 4) is 0 Å².